The lowest BCUT2D eigenvalue weighted by atomic mass is 9.85. The third-order valence-electron chi connectivity index (χ3n) is 3.58. The molecule has 1 aromatic rings. The van der Waals surface area contributed by atoms with Gasteiger partial charge in [0.25, 0.3) is 0 Å². The fourth-order valence-electron chi connectivity index (χ4n) is 2.10. The molecule has 0 N–H and O–H groups in total. The third-order valence-corrected chi connectivity index (χ3v) is 3.87. The van der Waals surface area contributed by atoms with Crippen LogP contribution in [0.3, 0.4) is 0 Å². The van der Waals surface area contributed by atoms with Gasteiger partial charge in [-0.25, -0.2) is 9.97 Å². The van der Waals surface area contributed by atoms with Gasteiger partial charge in [-0.3, -0.25) is 0 Å². The largest absolute Gasteiger partial charge is 0.341 e. The van der Waals surface area contributed by atoms with Crippen molar-refractivity contribution in [1.82, 2.24) is 9.97 Å². The summed E-state index contributed by atoms with van der Waals surface area (Å²) in [7, 11) is 0. The lowest BCUT2D eigenvalue weighted by Gasteiger charge is -2.31. The second-order valence-corrected chi connectivity index (χ2v) is 5.02. The number of anilines is 1. The zero-order chi connectivity index (χ0) is 12.3. The molecule has 0 aliphatic heterocycles. The van der Waals surface area contributed by atoms with Crippen LogP contribution in [0.25, 0.3) is 0 Å². The maximum Gasteiger partial charge on any atom is 0.225 e. The van der Waals surface area contributed by atoms with Gasteiger partial charge < -0.3 is 4.90 Å². The van der Waals surface area contributed by atoms with Crippen molar-refractivity contribution in [2.45, 2.75) is 39.0 Å². The van der Waals surface area contributed by atoms with E-state index in [2.05, 4.69) is 21.8 Å². The van der Waals surface area contributed by atoms with E-state index in [4.69, 9.17) is 11.6 Å². The molecule has 4 heteroatoms. The first kappa shape index (κ1) is 12.6. The topological polar surface area (TPSA) is 29.0 Å². The summed E-state index contributed by atoms with van der Waals surface area (Å²) in [6.45, 7) is 6.22. The van der Waals surface area contributed by atoms with E-state index in [-0.39, 0.29) is 0 Å². The van der Waals surface area contributed by atoms with Crippen molar-refractivity contribution < 1.29 is 0 Å². The average molecular weight is 254 g/mol. The van der Waals surface area contributed by atoms with E-state index < -0.39 is 0 Å². The number of aryl methyl sites for hydroxylation is 1. The predicted molar refractivity (Wildman–Crippen MR) is 71.6 cm³/mol. The van der Waals surface area contributed by atoms with Gasteiger partial charge in [-0.05, 0) is 32.6 Å². The number of rotatable bonds is 5. The highest BCUT2D eigenvalue weighted by molar-refractivity contribution is 6.17. The molecule has 1 aliphatic carbocycles. The smallest absolute Gasteiger partial charge is 0.225 e. The van der Waals surface area contributed by atoms with Gasteiger partial charge in [-0.1, -0.05) is 6.42 Å². The zero-order valence-corrected chi connectivity index (χ0v) is 11.4. The molecule has 0 radical (unpaired) electrons. The quantitative estimate of drug-likeness (QED) is 0.755. The van der Waals surface area contributed by atoms with Gasteiger partial charge in [-0.2, -0.15) is 0 Å². The van der Waals surface area contributed by atoms with Gasteiger partial charge in [0.05, 0.1) is 5.88 Å². The molecule has 17 heavy (non-hydrogen) atoms. The van der Waals surface area contributed by atoms with E-state index in [0.717, 1.165) is 36.2 Å². The Bertz CT molecular complexity index is 377. The molecule has 0 bridgehead atoms. The lowest BCUT2D eigenvalue weighted by Crippen LogP contribution is -2.33. The van der Waals surface area contributed by atoms with E-state index in [9.17, 15) is 0 Å². The van der Waals surface area contributed by atoms with E-state index in [1.54, 1.807) is 0 Å². The highest BCUT2D eigenvalue weighted by atomic mass is 35.5. The number of alkyl halides is 1. The normalized spacial score (nSPS) is 15.7. The highest BCUT2D eigenvalue weighted by Crippen LogP contribution is 2.28. The van der Waals surface area contributed by atoms with E-state index >= 15 is 0 Å². The van der Waals surface area contributed by atoms with Crippen LogP contribution in [0.15, 0.2) is 6.20 Å². The Labute approximate surface area is 108 Å². The van der Waals surface area contributed by atoms with Crippen LogP contribution in [0.4, 0.5) is 5.95 Å². The van der Waals surface area contributed by atoms with Crippen molar-refractivity contribution in [2.75, 3.05) is 18.0 Å². The molecular formula is C13H20ClN3. The van der Waals surface area contributed by atoms with Crippen molar-refractivity contribution in [3.63, 3.8) is 0 Å². The van der Waals surface area contributed by atoms with Gasteiger partial charge in [-0.15, -0.1) is 11.6 Å². The molecule has 3 nitrogen and oxygen atoms in total. The van der Waals surface area contributed by atoms with Crippen LogP contribution >= 0.6 is 11.6 Å². The summed E-state index contributed by atoms with van der Waals surface area (Å²) in [4.78, 5) is 11.3. The van der Waals surface area contributed by atoms with E-state index in [1.165, 1.54) is 19.3 Å². The summed E-state index contributed by atoms with van der Waals surface area (Å²) >= 11 is 5.82. The molecule has 0 spiro atoms. The molecule has 94 valence electrons. The van der Waals surface area contributed by atoms with Gasteiger partial charge in [0, 0.05) is 30.5 Å². The Morgan fingerprint density at radius 2 is 2.24 bits per heavy atom. The van der Waals surface area contributed by atoms with Crippen molar-refractivity contribution in [2.24, 2.45) is 5.92 Å². The first-order chi connectivity index (χ1) is 8.24. The Hall–Kier alpha value is -0.830. The van der Waals surface area contributed by atoms with Crippen LogP contribution < -0.4 is 4.90 Å². The molecule has 1 aliphatic rings. The average Bonchev–Trinajstić information content (AvgIpc) is 2.28. The van der Waals surface area contributed by atoms with Gasteiger partial charge >= 0.3 is 0 Å². The van der Waals surface area contributed by atoms with Gasteiger partial charge in [0.2, 0.25) is 5.95 Å². The molecule has 0 unspecified atom stereocenters. The molecule has 1 heterocycles. The van der Waals surface area contributed by atoms with Crippen molar-refractivity contribution in [3.8, 4) is 0 Å². The van der Waals surface area contributed by atoms with Gasteiger partial charge in [0.1, 0.15) is 0 Å². The maximum atomic E-state index is 5.82. The Balaban J connectivity index is 2.09. The molecule has 0 atom stereocenters. The molecular weight excluding hydrogens is 234 g/mol. The number of nitrogens with zero attached hydrogens (tertiary/aromatic N) is 3. The standard InChI is InChI=1S/C13H20ClN3/c1-3-17(9-11-5-4-6-11)13-15-8-12(7-14)10(2)16-13/h8,11H,3-7,9H2,1-2H3. The molecule has 1 aromatic heterocycles. The van der Waals surface area contributed by atoms with Crippen LogP contribution in [0, 0.1) is 12.8 Å². The monoisotopic (exact) mass is 253 g/mol. The SMILES string of the molecule is CCN(CC1CCC1)c1ncc(CCl)c(C)n1. The molecule has 1 saturated carbocycles. The first-order valence-electron chi connectivity index (χ1n) is 6.38. The zero-order valence-electron chi connectivity index (χ0n) is 10.6. The molecule has 0 amide bonds. The van der Waals surface area contributed by atoms with Crippen molar-refractivity contribution in [3.05, 3.63) is 17.5 Å². The van der Waals surface area contributed by atoms with Crippen LogP contribution in [-0.4, -0.2) is 23.1 Å². The third kappa shape index (κ3) is 2.89. The van der Waals surface area contributed by atoms with Crippen LogP contribution in [0.5, 0.6) is 0 Å². The number of halogens is 1. The summed E-state index contributed by atoms with van der Waals surface area (Å²) in [6, 6.07) is 0. The summed E-state index contributed by atoms with van der Waals surface area (Å²) in [5.41, 5.74) is 2.02. The van der Waals surface area contributed by atoms with E-state index in [1.807, 2.05) is 13.1 Å². The molecule has 2 rings (SSSR count). The fourth-order valence-corrected chi connectivity index (χ4v) is 2.36. The Morgan fingerprint density at radius 3 is 2.71 bits per heavy atom. The second kappa shape index (κ2) is 5.67. The number of aromatic nitrogens is 2. The van der Waals surface area contributed by atoms with E-state index in [0.29, 0.717) is 5.88 Å². The summed E-state index contributed by atoms with van der Waals surface area (Å²) in [5, 5.41) is 0. The molecule has 0 aromatic carbocycles. The predicted octanol–water partition coefficient (Wildman–Crippen LogP) is 3.15. The summed E-state index contributed by atoms with van der Waals surface area (Å²) in [6.07, 6.45) is 5.95. The first-order valence-corrected chi connectivity index (χ1v) is 6.91. The fraction of sp³-hybridized carbons (Fsp3) is 0.692. The van der Waals surface area contributed by atoms with Crippen LogP contribution in [0.1, 0.15) is 37.4 Å². The minimum absolute atomic E-state index is 0.487. The van der Waals surface area contributed by atoms with Gasteiger partial charge in [0.15, 0.2) is 0 Å². The van der Waals surface area contributed by atoms with Crippen molar-refractivity contribution in [1.29, 1.82) is 0 Å². The summed E-state index contributed by atoms with van der Waals surface area (Å²) in [5.74, 6) is 2.18. The minimum atomic E-state index is 0.487. The maximum absolute atomic E-state index is 5.82. The number of hydrogen-bond donors (Lipinski definition) is 0. The Morgan fingerprint density at radius 1 is 1.47 bits per heavy atom. The van der Waals surface area contributed by atoms with Crippen LogP contribution in [0.2, 0.25) is 0 Å². The molecule has 0 saturated heterocycles. The summed E-state index contributed by atoms with van der Waals surface area (Å²) < 4.78 is 0. The lowest BCUT2D eigenvalue weighted by molar-refractivity contribution is 0.317. The molecule has 1 fully saturated rings. The van der Waals surface area contributed by atoms with Crippen molar-refractivity contribution >= 4 is 17.5 Å². The Kier molecular flexibility index (Phi) is 4.21. The minimum Gasteiger partial charge on any atom is -0.341 e. The second-order valence-electron chi connectivity index (χ2n) is 4.75. The highest BCUT2D eigenvalue weighted by Gasteiger charge is 2.21. The number of hydrogen-bond acceptors (Lipinski definition) is 3. The van der Waals surface area contributed by atoms with Crippen LogP contribution in [-0.2, 0) is 5.88 Å².